The first-order valence-electron chi connectivity index (χ1n) is 7.06. The molecule has 4 heteroatoms. The first-order chi connectivity index (χ1) is 10.1. The van der Waals surface area contributed by atoms with Crippen LogP contribution in [0, 0.1) is 11.6 Å². The highest BCUT2D eigenvalue weighted by atomic mass is 19.2. The summed E-state index contributed by atoms with van der Waals surface area (Å²) < 4.78 is 26.0. The molecule has 1 fully saturated rings. The lowest BCUT2D eigenvalue weighted by Gasteiger charge is -2.12. The summed E-state index contributed by atoms with van der Waals surface area (Å²) in [6, 6.07) is 14.0. The van der Waals surface area contributed by atoms with Gasteiger partial charge in [-0.3, -0.25) is 0 Å². The Morgan fingerprint density at radius 3 is 2.57 bits per heavy atom. The topological polar surface area (TPSA) is 32.3 Å². The Labute approximate surface area is 122 Å². The molecule has 3 atom stereocenters. The maximum absolute atomic E-state index is 13.1. The lowest BCUT2D eigenvalue weighted by atomic mass is 10.1. The third-order valence-corrected chi connectivity index (χ3v) is 3.92. The number of aliphatic hydroxyl groups excluding tert-OH is 1. The van der Waals surface area contributed by atoms with E-state index in [1.807, 2.05) is 18.2 Å². The standard InChI is InChI=1S/C17H17F2NO/c18-14-7-6-12(8-15(14)19)17(21)10-20-16-9-13(16)11-4-2-1-3-5-11/h1-8,13,16-17,20-21H,9-10H2. The lowest BCUT2D eigenvalue weighted by molar-refractivity contribution is 0.173. The van der Waals surface area contributed by atoms with Gasteiger partial charge in [-0.05, 0) is 29.7 Å². The second kappa shape index (κ2) is 5.92. The fraction of sp³-hybridized carbons (Fsp3) is 0.294. The molecule has 2 aromatic carbocycles. The van der Waals surface area contributed by atoms with Crippen LogP contribution in [0.15, 0.2) is 48.5 Å². The summed E-state index contributed by atoms with van der Waals surface area (Å²) in [4.78, 5) is 0. The molecule has 0 aromatic heterocycles. The Kier molecular flexibility index (Phi) is 3.99. The molecule has 2 N–H and O–H groups in total. The summed E-state index contributed by atoms with van der Waals surface area (Å²) in [5.41, 5.74) is 1.68. The minimum absolute atomic E-state index is 0.332. The predicted octanol–water partition coefficient (Wildman–Crippen LogP) is 3.14. The molecule has 1 saturated carbocycles. The second-order valence-electron chi connectivity index (χ2n) is 5.46. The highest BCUT2D eigenvalue weighted by Crippen LogP contribution is 2.40. The van der Waals surface area contributed by atoms with Crippen molar-refractivity contribution in [3.05, 3.63) is 71.3 Å². The van der Waals surface area contributed by atoms with Crippen molar-refractivity contribution in [1.82, 2.24) is 5.32 Å². The van der Waals surface area contributed by atoms with Crippen LogP contribution in [0.1, 0.15) is 29.6 Å². The number of hydrogen-bond acceptors (Lipinski definition) is 2. The van der Waals surface area contributed by atoms with Crippen LogP contribution in [0.3, 0.4) is 0 Å². The van der Waals surface area contributed by atoms with Crippen LogP contribution in [0.2, 0.25) is 0 Å². The van der Waals surface area contributed by atoms with Crippen molar-refractivity contribution in [1.29, 1.82) is 0 Å². The van der Waals surface area contributed by atoms with Crippen LogP contribution in [-0.4, -0.2) is 17.7 Å². The molecular weight excluding hydrogens is 272 g/mol. The molecule has 2 aromatic rings. The van der Waals surface area contributed by atoms with Crippen LogP contribution >= 0.6 is 0 Å². The maximum atomic E-state index is 13.1. The van der Waals surface area contributed by atoms with Crippen LogP contribution in [0.25, 0.3) is 0 Å². The van der Waals surface area contributed by atoms with Gasteiger partial charge in [-0.1, -0.05) is 36.4 Å². The molecule has 1 aliphatic carbocycles. The number of benzene rings is 2. The molecule has 0 heterocycles. The molecule has 0 radical (unpaired) electrons. The quantitative estimate of drug-likeness (QED) is 0.886. The highest BCUT2D eigenvalue weighted by Gasteiger charge is 2.37. The summed E-state index contributed by atoms with van der Waals surface area (Å²) >= 11 is 0. The van der Waals surface area contributed by atoms with Crippen molar-refractivity contribution in [2.75, 3.05) is 6.54 Å². The minimum atomic E-state index is -0.930. The SMILES string of the molecule is OC(CNC1CC1c1ccccc1)c1ccc(F)c(F)c1. The average molecular weight is 289 g/mol. The van der Waals surface area contributed by atoms with Crippen molar-refractivity contribution in [2.45, 2.75) is 24.5 Å². The van der Waals surface area contributed by atoms with Gasteiger partial charge in [-0.15, -0.1) is 0 Å². The number of aliphatic hydroxyl groups is 1. The second-order valence-corrected chi connectivity index (χ2v) is 5.46. The molecule has 21 heavy (non-hydrogen) atoms. The first-order valence-corrected chi connectivity index (χ1v) is 7.06. The fourth-order valence-electron chi connectivity index (χ4n) is 2.59. The Bertz CT molecular complexity index is 617. The summed E-state index contributed by atoms with van der Waals surface area (Å²) in [6.45, 7) is 0.332. The van der Waals surface area contributed by atoms with E-state index in [1.54, 1.807) is 0 Å². The van der Waals surface area contributed by atoms with Gasteiger partial charge in [-0.25, -0.2) is 8.78 Å². The molecule has 110 valence electrons. The van der Waals surface area contributed by atoms with Crippen molar-refractivity contribution in [3.8, 4) is 0 Å². The van der Waals surface area contributed by atoms with E-state index < -0.39 is 17.7 Å². The molecule has 0 aliphatic heterocycles. The Balaban J connectivity index is 1.53. The average Bonchev–Trinajstić information content (AvgIpc) is 3.28. The molecule has 0 saturated heterocycles. The van der Waals surface area contributed by atoms with E-state index in [0.717, 1.165) is 18.6 Å². The molecule has 1 aliphatic rings. The molecule has 0 spiro atoms. The zero-order valence-corrected chi connectivity index (χ0v) is 11.5. The van der Waals surface area contributed by atoms with Gasteiger partial charge in [0.05, 0.1) is 6.10 Å². The summed E-state index contributed by atoms with van der Waals surface area (Å²) in [7, 11) is 0. The van der Waals surface area contributed by atoms with Crippen molar-refractivity contribution >= 4 is 0 Å². The van der Waals surface area contributed by atoms with E-state index >= 15 is 0 Å². The summed E-state index contributed by atoms with van der Waals surface area (Å²) in [6.07, 6.45) is 0.200. The van der Waals surface area contributed by atoms with Gasteiger partial charge < -0.3 is 10.4 Å². The van der Waals surface area contributed by atoms with E-state index in [9.17, 15) is 13.9 Å². The van der Waals surface area contributed by atoms with Crippen LogP contribution in [-0.2, 0) is 0 Å². The van der Waals surface area contributed by atoms with Crippen molar-refractivity contribution in [2.24, 2.45) is 0 Å². The Morgan fingerprint density at radius 1 is 1.10 bits per heavy atom. The lowest BCUT2D eigenvalue weighted by Crippen LogP contribution is -2.24. The maximum Gasteiger partial charge on any atom is 0.159 e. The molecule has 3 unspecified atom stereocenters. The van der Waals surface area contributed by atoms with Crippen LogP contribution in [0.4, 0.5) is 8.78 Å². The molecule has 0 amide bonds. The van der Waals surface area contributed by atoms with Gasteiger partial charge in [0.2, 0.25) is 0 Å². The van der Waals surface area contributed by atoms with E-state index in [0.29, 0.717) is 24.1 Å². The Hall–Kier alpha value is -1.78. The van der Waals surface area contributed by atoms with E-state index in [2.05, 4.69) is 17.4 Å². The number of rotatable bonds is 5. The highest BCUT2D eigenvalue weighted by molar-refractivity contribution is 5.28. The third-order valence-electron chi connectivity index (χ3n) is 3.92. The van der Waals surface area contributed by atoms with Gasteiger partial charge >= 0.3 is 0 Å². The van der Waals surface area contributed by atoms with Crippen molar-refractivity contribution < 1.29 is 13.9 Å². The van der Waals surface area contributed by atoms with Gasteiger partial charge in [0.15, 0.2) is 11.6 Å². The van der Waals surface area contributed by atoms with Crippen molar-refractivity contribution in [3.63, 3.8) is 0 Å². The number of halogens is 2. The van der Waals surface area contributed by atoms with Gasteiger partial charge in [-0.2, -0.15) is 0 Å². The predicted molar refractivity (Wildman–Crippen MR) is 76.9 cm³/mol. The zero-order chi connectivity index (χ0) is 14.8. The largest absolute Gasteiger partial charge is 0.387 e. The van der Waals surface area contributed by atoms with E-state index in [4.69, 9.17) is 0 Å². The third kappa shape index (κ3) is 3.28. The smallest absolute Gasteiger partial charge is 0.159 e. The number of nitrogens with one attached hydrogen (secondary N) is 1. The number of hydrogen-bond donors (Lipinski definition) is 2. The normalized spacial score (nSPS) is 22.0. The van der Waals surface area contributed by atoms with E-state index in [-0.39, 0.29) is 0 Å². The fourth-order valence-corrected chi connectivity index (χ4v) is 2.59. The molecular formula is C17H17F2NO. The molecule has 0 bridgehead atoms. The zero-order valence-electron chi connectivity index (χ0n) is 11.5. The minimum Gasteiger partial charge on any atom is -0.387 e. The van der Waals surface area contributed by atoms with Crippen LogP contribution in [0.5, 0.6) is 0 Å². The monoisotopic (exact) mass is 289 g/mol. The molecule has 3 rings (SSSR count). The first kappa shape index (κ1) is 14.2. The summed E-state index contributed by atoms with van der Waals surface area (Å²) in [5.74, 6) is -1.35. The van der Waals surface area contributed by atoms with Gasteiger partial charge in [0.1, 0.15) is 0 Å². The Morgan fingerprint density at radius 2 is 1.86 bits per heavy atom. The molecule has 2 nitrogen and oxygen atoms in total. The van der Waals surface area contributed by atoms with Crippen LogP contribution < -0.4 is 5.32 Å². The summed E-state index contributed by atoms with van der Waals surface area (Å²) in [5, 5.41) is 13.3. The van der Waals surface area contributed by atoms with Gasteiger partial charge in [0.25, 0.3) is 0 Å². The van der Waals surface area contributed by atoms with Gasteiger partial charge in [0, 0.05) is 18.5 Å². The van der Waals surface area contributed by atoms with E-state index in [1.165, 1.54) is 11.6 Å².